The molecule has 1 saturated heterocycles. The summed E-state index contributed by atoms with van der Waals surface area (Å²) in [5.41, 5.74) is 1.42. The molecule has 3 aromatic rings. The molecule has 0 N–H and O–H groups in total. The third-order valence-corrected chi connectivity index (χ3v) is 5.22. The number of hydrogen-bond donors (Lipinski definition) is 0. The lowest BCUT2D eigenvalue weighted by atomic mass is 10.2. The van der Waals surface area contributed by atoms with E-state index in [1.807, 2.05) is 24.3 Å². The summed E-state index contributed by atoms with van der Waals surface area (Å²) >= 11 is 1.54. The van der Waals surface area contributed by atoms with E-state index in [4.69, 9.17) is 14.2 Å². The Hall–Kier alpha value is -2.44. The van der Waals surface area contributed by atoms with Crippen molar-refractivity contribution in [3.05, 3.63) is 59.1 Å². The van der Waals surface area contributed by atoms with Crippen LogP contribution in [0.25, 0.3) is 10.2 Å². The molecule has 4 rings (SSSR count). The van der Waals surface area contributed by atoms with E-state index in [1.165, 1.54) is 11.3 Å². The van der Waals surface area contributed by atoms with E-state index >= 15 is 0 Å². The SMILES string of the molecule is O=C(OCc1nc2ccccc2s1)c1ccc(OCC2CCCO2)cc1. The number of hydrogen-bond acceptors (Lipinski definition) is 6. The number of aromatic nitrogens is 1. The van der Waals surface area contributed by atoms with Gasteiger partial charge in [0.05, 0.1) is 21.9 Å². The van der Waals surface area contributed by atoms with Crippen LogP contribution in [-0.4, -0.2) is 30.3 Å². The largest absolute Gasteiger partial charge is 0.491 e. The number of esters is 1. The molecule has 0 saturated carbocycles. The Kier molecular flexibility index (Phi) is 5.13. The van der Waals surface area contributed by atoms with Crippen LogP contribution in [0.4, 0.5) is 0 Å². The highest BCUT2D eigenvalue weighted by molar-refractivity contribution is 7.18. The van der Waals surface area contributed by atoms with Crippen LogP contribution < -0.4 is 4.74 Å². The van der Waals surface area contributed by atoms with Crippen molar-refractivity contribution < 1.29 is 19.0 Å². The van der Waals surface area contributed by atoms with Crippen LogP contribution in [0.3, 0.4) is 0 Å². The average molecular weight is 369 g/mol. The van der Waals surface area contributed by atoms with Crippen LogP contribution in [0.1, 0.15) is 28.2 Å². The number of rotatable bonds is 6. The lowest BCUT2D eigenvalue weighted by Crippen LogP contribution is -2.16. The molecule has 2 aromatic carbocycles. The topological polar surface area (TPSA) is 57.7 Å². The van der Waals surface area contributed by atoms with Crippen molar-refractivity contribution in [1.82, 2.24) is 4.98 Å². The summed E-state index contributed by atoms with van der Waals surface area (Å²) in [6.45, 7) is 1.53. The van der Waals surface area contributed by atoms with Crippen molar-refractivity contribution >= 4 is 27.5 Å². The van der Waals surface area contributed by atoms with Gasteiger partial charge in [0.2, 0.25) is 0 Å². The molecular weight excluding hydrogens is 350 g/mol. The van der Waals surface area contributed by atoms with Crippen molar-refractivity contribution in [2.45, 2.75) is 25.6 Å². The summed E-state index contributed by atoms with van der Waals surface area (Å²) in [6.07, 6.45) is 2.30. The molecule has 0 spiro atoms. The highest BCUT2D eigenvalue weighted by Gasteiger charge is 2.16. The minimum atomic E-state index is -0.366. The second kappa shape index (κ2) is 7.85. The zero-order valence-corrected chi connectivity index (χ0v) is 15.0. The molecule has 1 aliphatic rings. The summed E-state index contributed by atoms with van der Waals surface area (Å²) < 4.78 is 17.7. The third-order valence-electron chi connectivity index (χ3n) is 4.21. The normalized spacial score (nSPS) is 16.7. The maximum atomic E-state index is 12.2. The second-order valence-electron chi connectivity index (χ2n) is 6.12. The first kappa shape index (κ1) is 17.0. The quantitative estimate of drug-likeness (QED) is 0.609. The molecule has 134 valence electrons. The molecule has 1 unspecified atom stereocenters. The maximum Gasteiger partial charge on any atom is 0.338 e. The van der Waals surface area contributed by atoms with Crippen LogP contribution in [0.5, 0.6) is 5.75 Å². The van der Waals surface area contributed by atoms with E-state index in [9.17, 15) is 4.79 Å². The number of thiazole rings is 1. The van der Waals surface area contributed by atoms with E-state index in [0.717, 1.165) is 40.4 Å². The smallest absolute Gasteiger partial charge is 0.338 e. The third kappa shape index (κ3) is 4.03. The van der Waals surface area contributed by atoms with Gasteiger partial charge in [0, 0.05) is 6.61 Å². The summed E-state index contributed by atoms with van der Waals surface area (Å²) in [5, 5.41) is 0.788. The Labute approximate surface area is 155 Å². The molecule has 1 aromatic heterocycles. The Morgan fingerprint density at radius 3 is 2.81 bits per heavy atom. The Bertz CT molecular complexity index is 851. The zero-order chi connectivity index (χ0) is 17.8. The maximum absolute atomic E-state index is 12.2. The highest BCUT2D eigenvalue weighted by Crippen LogP contribution is 2.22. The predicted octanol–water partition coefficient (Wildman–Crippen LogP) is 4.21. The molecule has 0 radical (unpaired) electrons. The molecule has 6 heteroatoms. The van der Waals surface area contributed by atoms with Crippen molar-refractivity contribution in [3.8, 4) is 5.75 Å². The Balaban J connectivity index is 1.31. The van der Waals surface area contributed by atoms with E-state index in [2.05, 4.69) is 4.98 Å². The van der Waals surface area contributed by atoms with Crippen LogP contribution in [0.15, 0.2) is 48.5 Å². The standard InChI is InChI=1S/C20H19NO4S/c22-20(25-13-19-21-17-5-1-2-6-18(17)26-19)14-7-9-15(10-8-14)24-12-16-4-3-11-23-16/h1-2,5-10,16H,3-4,11-13H2. The number of carbonyl (C=O) groups excluding carboxylic acids is 1. The van der Waals surface area contributed by atoms with Gasteiger partial charge in [0.15, 0.2) is 0 Å². The number of nitrogens with zero attached hydrogens (tertiary/aromatic N) is 1. The van der Waals surface area contributed by atoms with Crippen molar-refractivity contribution in [3.63, 3.8) is 0 Å². The fourth-order valence-corrected chi connectivity index (χ4v) is 3.73. The van der Waals surface area contributed by atoms with Gasteiger partial charge in [0.1, 0.15) is 24.0 Å². The fraction of sp³-hybridized carbons (Fsp3) is 0.300. The first-order valence-electron chi connectivity index (χ1n) is 8.64. The predicted molar refractivity (Wildman–Crippen MR) is 99.7 cm³/mol. The molecule has 1 aliphatic heterocycles. The Morgan fingerprint density at radius 1 is 1.19 bits per heavy atom. The van der Waals surface area contributed by atoms with E-state index in [1.54, 1.807) is 24.3 Å². The minimum absolute atomic E-state index is 0.174. The zero-order valence-electron chi connectivity index (χ0n) is 14.2. The van der Waals surface area contributed by atoms with Gasteiger partial charge >= 0.3 is 5.97 Å². The summed E-state index contributed by atoms with van der Waals surface area (Å²) in [5.74, 6) is 0.359. The first-order chi connectivity index (χ1) is 12.8. The van der Waals surface area contributed by atoms with Crippen LogP contribution in [0.2, 0.25) is 0 Å². The lowest BCUT2D eigenvalue weighted by Gasteiger charge is -2.11. The van der Waals surface area contributed by atoms with Gasteiger partial charge in [-0.3, -0.25) is 0 Å². The lowest BCUT2D eigenvalue weighted by molar-refractivity contribution is 0.0472. The molecule has 1 atom stereocenters. The van der Waals surface area contributed by atoms with Crippen LogP contribution >= 0.6 is 11.3 Å². The molecule has 5 nitrogen and oxygen atoms in total. The van der Waals surface area contributed by atoms with Crippen LogP contribution in [0, 0.1) is 0 Å². The van der Waals surface area contributed by atoms with Gasteiger partial charge in [-0.2, -0.15) is 0 Å². The molecule has 26 heavy (non-hydrogen) atoms. The van der Waals surface area contributed by atoms with Gasteiger partial charge in [-0.1, -0.05) is 12.1 Å². The monoisotopic (exact) mass is 369 g/mol. The minimum Gasteiger partial charge on any atom is -0.491 e. The number of fused-ring (bicyclic) bond motifs is 1. The molecule has 0 bridgehead atoms. The van der Waals surface area contributed by atoms with E-state index in [-0.39, 0.29) is 18.7 Å². The summed E-state index contributed by atoms with van der Waals surface area (Å²) in [4.78, 5) is 16.7. The average Bonchev–Trinajstić information content (AvgIpc) is 3.34. The van der Waals surface area contributed by atoms with Crippen molar-refractivity contribution in [2.24, 2.45) is 0 Å². The van der Waals surface area contributed by atoms with E-state index in [0.29, 0.717) is 12.2 Å². The number of para-hydroxylation sites is 1. The number of carbonyl (C=O) groups is 1. The molecule has 2 heterocycles. The highest BCUT2D eigenvalue weighted by atomic mass is 32.1. The number of benzene rings is 2. The van der Waals surface area contributed by atoms with Gasteiger partial charge in [0.25, 0.3) is 0 Å². The molecule has 0 aliphatic carbocycles. The summed E-state index contributed by atoms with van der Waals surface area (Å²) in [6, 6.07) is 14.9. The fourth-order valence-electron chi connectivity index (χ4n) is 2.84. The number of ether oxygens (including phenoxy) is 3. The van der Waals surface area contributed by atoms with Gasteiger partial charge in [-0.25, -0.2) is 9.78 Å². The van der Waals surface area contributed by atoms with Gasteiger partial charge in [-0.15, -0.1) is 11.3 Å². The molecule has 1 fully saturated rings. The van der Waals surface area contributed by atoms with Gasteiger partial charge < -0.3 is 14.2 Å². The molecular formula is C20H19NO4S. The summed E-state index contributed by atoms with van der Waals surface area (Å²) in [7, 11) is 0. The van der Waals surface area contributed by atoms with Crippen molar-refractivity contribution in [2.75, 3.05) is 13.2 Å². The Morgan fingerprint density at radius 2 is 2.04 bits per heavy atom. The first-order valence-corrected chi connectivity index (χ1v) is 9.45. The van der Waals surface area contributed by atoms with Crippen molar-refractivity contribution in [1.29, 1.82) is 0 Å². The van der Waals surface area contributed by atoms with Crippen LogP contribution in [-0.2, 0) is 16.1 Å². The van der Waals surface area contributed by atoms with Gasteiger partial charge in [-0.05, 0) is 49.2 Å². The van der Waals surface area contributed by atoms with E-state index < -0.39 is 0 Å². The molecule has 0 amide bonds. The second-order valence-corrected chi connectivity index (χ2v) is 7.24.